The van der Waals surface area contributed by atoms with Gasteiger partial charge in [0.2, 0.25) is 0 Å². The van der Waals surface area contributed by atoms with Crippen molar-refractivity contribution in [3.63, 3.8) is 0 Å². The molecule has 0 spiro atoms. The molecule has 1 amide bonds. The van der Waals surface area contributed by atoms with E-state index in [0.717, 1.165) is 18.8 Å². The molecule has 1 aromatic carbocycles. The normalized spacial score (nSPS) is 14.2. The van der Waals surface area contributed by atoms with E-state index >= 15 is 0 Å². The van der Waals surface area contributed by atoms with Gasteiger partial charge >= 0.3 is 0 Å². The standard InChI is InChI=1S/C16H16FN3O/c17-12-3-5-13(6-4-12)19-16(21)15-8-7-14(11-18-15)20-9-1-2-10-20/h3-8,11H,1-2,9-10H2,(H,19,21). The summed E-state index contributed by atoms with van der Waals surface area (Å²) in [5.41, 5.74) is 1.94. The third-order valence-corrected chi connectivity index (χ3v) is 3.55. The number of carbonyl (C=O) groups excluding carboxylic acids is 1. The predicted octanol–water partition coefficient (Wildman–Crippen LogP) is 3.07. The summed E-state index contributed by atoms with van der Waals surface area (Å²) in [7, 11) is 0. The summed E-state index contributed by atoms with van der Waals surface area (Å²) >= 11 is 0. The molecular weight excluding hydrogens is 269 g/mol. The Morgan fingerprint density at radius 2 is 1.81 bits per heavy atom. The fourth-order valence-electron chi connectivity index (χ4n) is 2.41. The van der Waals surface area contributed by atoms with Gasteiger partial charge in [-0.25, -0.2) is 9.37 Å². The number of amides is 1. The van der Waals surface area contributed by atoms with Crippen molar-refractivity contribution >= 4 is 17.3 Å². The fraction of sp³-hybridized carbons (Fsp3) is 0.250. The number of halogens is 1. The maximum absolute atomic E-state index is 12.8. The lowest BCUT2D eigenvalue weighted by Crippen LogP contribution is -2.19. The van der Waals surface area contributed by atoms with Crippen LogP contribution in [0, 0.1) is 5.82 Å². The van der Waals surface area contributed by atoms with Crippen LogP contribution in [0.3, 0.4) is 0 Å². The first kappa shape index (κ1) is 13.5. The van der Waals surface area contributed by atoms with Crippen molar-refractivity contribution < 1.29 is 9.18 Å². The molecule has 0 unspecified atom stereocenters. The SMILES string of the molecule is O=C(Nc1ccc(F)cc1)c1ccc(N2CCCC2)cn1. The van der Waals surface area contributed by atoms with Gasteiger partial charge in [0, 0.05) is 18.8 Å². The zero-order valence-electron chi connectivity index (χ0n) is 11.6. The van der Waals surface area contributed by atoms with E-state index in [4.69, 9.17) is 0 Å². The largest absolute Gasteiger partial charge is 0.370 e. The third-order valence-electron chi connectivity index (χ3n) is 3.55. The van der Waals surface area contributed by atoms with Crippen LogP contribution in [0.4, 0.5) is 15.8 Å². The number of pyridine rings is 1. The van der Waals surface area contributed by atoms with Crippen LogP contribution in [0.1, 0.15) is 23.3 Å². The van der Waals surface area contributed by atoms with Gasteiger partial charge in [0.1, 0.15) is 11.5 Å². The van der Waals surface area contributed by atoms with Gasteiger partial charge in [-0.15, -0.1) is 0 Å². The number of aromatic nitrogens is 1. The molecule has 108 valence electrons. The van der Waals surface area contributed by atoms with E-state index in [9.17, 15) is 9.18 Å². The number of nitrogens with one attached hydrogen (secondary N) is 1. The number of rotatable bonds is 3. The van der Waals surface area contributed by atoms with Gasteiger partial charge in [-0.05, 0) is 49.2 Å². The number of carbonyl (C=O) groups is 1. The Hall–Kier alpha value is -2.43. The third kappa shape index (κ3) is 3.18. The minimum absolute atomic E-state index is 0.297. The average molecular weight is 285 g/mol. The molecule has 1 aromatic heterocycles. The maximum atomic E-state index is 12.8. The van der Waals surface area contributed by atoms with E-state index in [-0.39, 0.29) is 11.7 Å². The monoisotopic (exact) mass is 285 g/mol. The molecule has 0 aliphatic carbocycles. The van der Waals surface area contributed by atoms with Crippen LogP contribution in [-0.2, 0) is 0 Å². The summed E-state index contributed by atoms with van der Waals surface area (Å²) in [4.78, 5) is 18.5. The zero-order chi connectivity index (χ0) is 14.7. The molecule has 1 aliphatic rings. The summed E-state index contributed by atoms with van der Waals surface area (Å²) in [6.45, 7) is 2.09. The topological polar surface area (TPSA) is 45.2 Å². The quantitative estimate of drug-likeness (QED) is 0.942. The van der Waals surface area contributed by atoms with Crippen LogP contribution in [0.15, 0.2) is 42.6 Å². The minimum atomic E-state index is -0.332. The smallest absolute Gasteiger partial charge is 0.274 e. The molecule has 0 bridgehead atoms. The first-order valence-electron chi connectivity index (χ1n) is 7.00. The molecule has 4 nitrogen and oxygen atoms in total. The van der Waals surface area contributed by atoms with Gasteiger partial charge in [0.15, 0.2) is 0 Å². The van der Waals surface area contributed by atoms with Crippen LogP contribution in [0.5, 0.6) is 0 Å². The van der Waals surface area contributed by atoms with Crippen molar-refractivity contribution in [2.45, 2.75) is 12.8 Å². The van der Waals surface area contributed by atoms with Gasteiger partial charge < -0.3 is 10.2 Å². The highest BCUT2D eigenvalue weighted by molar-refractivity contribution is 6.02. The molecule has 21 heavy (non-hydrogen) atoms. The second kappa shape index (κ2) is 5.91. The fourth-order valence-corrected chi connectivity index (χ4v) is 2.41. The Labute approximate surface area is 122 Å². The summed E-state index contributed by atoms with van der Waals surface area (Å²) < 4.78 is 12.8. The van der Waals surface area contributed by atoms with Crippen LogP contribution in [-0.4, -0.2) is 24.0 Å². The van der Waals surface area contributed by atoms with E-state index in [1.165, 1.54) is 37.1 Å². The lowest BCUT2D eigenvalue weighted by Gasteiger charge is -2.16. The molecule has 1 saturated heterocycles. The molecule has 0 saturated carbocycles. The van der Waals surface area contributed by atoms with Crippen LogP contribution < -0.4 is 10.2 Å². The van der Waals surface area contributed by atoms with E-state index in [1.54, 1.807) is 12.3 Å². The summed E-state index contributed by atoms with van der Waals surface area (Å²) in [6.07, 6.45) is 4.13. The summed E-state index contributed by atoms with van der Waals surface area (Å²) in [5, 5.41) is 2.69. The Morgan fingerprint density at radius 3 is 2.43 bits per heavy atom. The molecule has 2 aromatic rings. The van der Waals surface area contributed by atoms with E-state index in [0.29, 0.717) is 11.4 Å². The highest BCUT2D eigenvalue weighted by atomic mass is 19.1. The predicted molar refractivity (Wildman–Crippen MR) is 80.0 cm³/mol. The van der Waals surface area contributed by atoms with Crippen molar-refractivity contribution in [1.29, 1.82) is 0 Å². The van der Waals surface area contributed by atoms with Gasteiger partial charge in [0.05, 0.1) is 11.9 Å². The van der Waals surface area contributed by atoms with Crippen LogP contribution in [0.25, 0.3) is 0 Å². The lowest BCUT2D eigenvalue weighted by molar-refractivity contribution is 0.102. The van der Waals surface area contributed by atoms with Crippen molar-refractivity contribution in [3.05, 3.63) is 54.1 Å². The highest BCUT2D eigenvalue weighted by Crippen LogP contribution is 2.19. The average Bonchev–Trinajstić information content (AvgIpc) is 3.04. The Bertz CT molecular complexity index is 619. The van der Waals surface area contributed by atoms with Gasteiger partial charge in [0.25, 0.3) is 5.91 Å². The molecule has 1 aliphatic heterocycles. The summed E-state index contributed by atoms with van der Waals surface area (Å²) in [5.74, 6) is -0.629. The minimum Gasteiger partial charge on any atom is -0.370 e. The summed E-state index contributed by atoms with van der Waals surface area (Å²) in [6, 6.07) is 9.28. The van der Waals surface area contributed by atoms with Crippen molar-refractivity contribution in [3.8, 4) is 0 Å². The number of hydrogen-bond acceptors (Lipinski definition) is 3. The molecule has 3 rings (SSSR count). The van der Waals surface area contributed by atoms with Gasteiger partial charge in [-0.3, -0.25) is 4.79 Å². The number of nitrogens with zero attached hydrogens (tertiary/aromatic N) is 2. The maximum Gasteiger partial charge on any atom is 0.274 e. The molecule has 0 radical (unpaired) electrons. The van der Waals surface area contributed by atoms with E-state index in [2.05, 4.69) is 15.2 Å². The van der Waals surface area contributed by atoms with Crippen molar-refractivity contribution in [2.75, 3.05) is 23.3 Å². The number of hydrogen-bond donors (Lipinski definition) is 1. The van der Waals surface area contributed by atoms with Crippen LogP contribution in [0.2, 0.25) is 0 Å². The second-order valence-electron chi connectivity index (χ2n) is 5.06. The van der Waals surface area contributed by atoms with Crippen LogP contribution >= 0.6 is 0 Å². The van der Waals surface area contributed by atoms with E-state index in [1.807, 2.05) is 6.07 Å². The zero-order valence-corrected chi connectivity index (χ0v) is 11.6. The van der Waals surface area contributed by atoms with Crippen molar-refractivity contribution in [2.24, 2.45) is 0 Å². The first-order chi connectivity index (χ1) is 10.2. The Balaban J connectivity index is 1.68. The lowest BCUT2D eigenvalue weighted by atomic mass is 10.2. The molecule has 5 heteroatoms. The van der Waals surface area contributed by atoms with Gasteiger partial charge in [-0.2, -0.15) is 0 Å². The number of benzene rings is 1. The Kier molecular flexibility index (Phi) is 3.81. The van der Waals surface area contributed by atoms with Gasteiger partial charge in [-0.1, -0.05) is 0 Å². The van der Waals surface area contributed by atoms with E-state index < -0.39 is 0 Å². The molecule has 1 fully saturated rings. The first-order valence-corrected chi connectivity index (χ1v) is 7.00. The van der Waals surface area contributed by atoms with Crippen molar-refractivity contribution in [1.82, 2.24) is 4.98 Å². The second-order valence-corrected chi connectivity index (χ2v) is 5.06. The molecule has 0 atom stereocenters. The Morgan fingerprint density at radius 1 is 1.10 bits per heavy atom. The molecule has 2 heterocycles. The molecule has 1 N–H and O–H groups in total. The highest BCUT2D eigenvalue weighted by Gasteiger charge is 2.14. The molecular formula is C16H16FN3O. The number of anilines is 2.